The quantitative estimate of drug-likeness (QED) is 0.822. The second kappa shape index (κ2) is 6.53. The van der Waals surface area contributed by atoms with Crippen LogP contribution >= 0.6 is 11.3 Å². The van der Waals surface area contributed by atoms with Crippen LogP contribution in [0.15, 0.2) is 16.3 Å². The molecule has 2 aliphatic carbocycles. The van der Waals surface area contributed by atoms with Crippen LogP contribution in [-0.2, 0) is 21.4 Å². The molecule has 2 fully saturated rings. The molecule has 2 saturated carbocycles. The van der Waals surface area contributed by atoms with E-state index >= 15 is 0 Å². The van der Waals surface area contributed by atoms with Crippen LogP contribution in [0.25, 0.3) is 0 Å². The van der Waals surface area contributed by atoms with E-state index in [9.17, 15) is 13.2 Å². The van der Waals surface area contributed by atoms with Crippen LogP contribution in [0.3, 0.4) is 0 Å². The number of carbonyl (C=O) groups excluding carboxylic acids is 1. The molecule has 0 aliphatic heterocycles. The maximum atomic E-state index is 12.6. The molecule has 0 spiro atoms. The minimum atomic E-state index is -3.48. The number of nitrogens with one attached hydrogen (secondary N) is 2. The van der Waals surface area contributed by atoms with Gasteiger partial charge in [-0.1, -0.05) is 6.42 Å². The Labute approximate surface area is 141 Å². The molecule has 3 rings (SSSR count). The maximum absolute atomic E-state index is 12.6. The summed E-state index contributed by atoms with van der Waals surface area (Å²) >= 11 is 1.22. The van der Waals surface area contributed by atoms with Crippen molar-refractivity contribution in [1.29, 1.82) is 0 Å². The average Bonchev–Trinajstić information content (AvgIpc) is 3.20. The second-order valence-corrected chi connectivity index (χ2v) is 9.99. The van der Waals surface area contributed by atoms with Gasteiger partial charge in [0.1, 0.15) is 4.21 Å². The molecular formula is C16H24N2O3S2. The third-order valence-corrected chi connectivity index (χ3v) is 8.33. The van der Waals surface area contributed by atoms with Gasteiger partial charge in [-0.15, -0.1) is 11.3 Å². The van der Waals surface area contributed by atoms with Crippen molar-refractivity contribution in [2.24, 2.45) is 17.8 Å². The molecule has 2 N–H and O–H groups in total. The van der Waals surface area contributed by atoms with E-state index in [4.69, 9.17) is 0 Å². The fourth-order valence-electron chi connectivity index (χ4n) is 4.11. The summed E-state index contributed by atoms with van der Waals surface area (Å²) in [6.45, 7) is 3.82. The summed E-state index contributed by atoms with van der Waals surface area (Å²) in [6, 6.07) is 3.37. The van der Waals surface area contributed by atoms with Gasteiger partial charge in [0, 0.05) is 17.8 Å². The van der Waals surface area contributed by atoms with Gasteiger partial charge in [0.25, 0.3) is 0 Å². The normalized spacial score (nSPS) is 28.0. The molecule has 0 unspecified atom stereocenters. The van der Waals surface area contributed by atoms with E-state index in [1.807, 2.05) is 6.92 Å². The fourth-order valence-corrected chi connectivity index (χ4v) is 6.71. The van der Waals surface area contributed by atoms with Gasteiger partial charge in [-0.2, -0.15) is 0 Å². The monoisotopic (exact) mass is 356 g/mol. The van der Waals surface area contributed by atoms with Gasteiger partial charge >= 0.3 is 0 Å². The predicted octanol–water partition coefficient (Wildman–Crippen LogP) is 2.49. The summed E-state index contributed by atoms with van der Waals surface area (Å²) < 4.78 is 28.3. The molecule has 128 valence electrons. The van der Waals surface area contributed by atoms with Crippen molar-refractivity contribution >= 4 is 27.3 Å². The number of fused-ring (bicyclic) bond motifs is 2. The molecule has 1 aromatic rings. The zero-order chi connectivity index (χ0) is 16.6. The number of sulfonamides is 1. The summed E-state index contributed by atoms with van der Waals surface area (Å²) in [5.41, 5.74) is 0. The Morgan fingerprint density at radius 2 is 2.13 bits per heavy atom. The Bertz CT molecular complexity index is 683. The van der Waals surface area contributed by atoms with E-state index in [-0.39, 0.29) is 11.9 Å². The van der Waals surface area contributed by atoms with Gasteiger partial charge in [0.15, 0.2) is 0 Å². The van der Waals surface area contributed by atoms with Crippen molar-refractivity contribution in [3.05, 3.63) is 17.0 Å². The van der Waals surface area contributed by atoms with Gasteiger partial charge in [0.2, 0.25) is 15.9 Å². The third-order valence-electron chi connectivity index (χ3n) is 5.19. The number of rotatable bonds is 6. The van der Waals surface area contributed by atoms with Crippen molar-refractivity contribution < 1.29 is 13.2 Å². The van der Waals surface area contributed by atoms with Crippen LogP contribution in [-0.4, -0.2) is 20.4 Å². The summed E-state index contributed by atoms with van der Waals surface area (Å²) in [5, 5.41) is 2.69. The second-order valence-electron chi connectivity index (χ2n) is 6.88. The molecular weight excluding hydrogens is 332 g/mol. The Kier molecular flexibility index (Phi) is 4.80. The smallest absolute Gasteiger partial charge is 0.250 e. The lowest BCUT2D eigenvalue weighted by atomic mass is 9.84. The maximum Gasteiger partial charge on any atom is 0.250 e. The van der Waals surface area contributed by atoms with Crippen molar-refractivity contribution in [3.63, 3.8) is 0 Å². The molecule has 1 amide bonds. The van der Waals surface area contributed by atoms with Gasteiger partial charge in [0.05, 0.1) is 6.54 Å². The lowest BCUT2D eigenvalue weighted by Crippen LogP contribution is -2.39. The largest absolute Gasteiger partial charge is 0.351 e. The summed E-state index contributed by atoms with van der Waals surface area (Å²) in [7, 11) is -3.48. The lowest BCUT2D eigenvalue weighted by molar-refractivity contribution is -0.119. The molecule has 1 aromatic heterocycles. The first kappa shape index (κ1) is 16.9. The number of amides is 1. The third kappa shape index (κ3) is 3.78. The molecule has 23 heavy (non-hydrogen) atoms. The van der Waals surface area contributed by atoms with Crippen LogP contribution in [0.2, 0.25) is 0 Å². The fraction of sp³-hybridized carbons (Fsp3) is 0.688. The highest BCUT2D eigenvalue weighted by molar-refractivity contribution is 7.91. The van der Waals surface area contributed by atoms with E-state index in [0.717, 1.165) is 17.2 Å². The van der Waals surface area contributed by atoms with Crippen LogP contribution in [0.1, 0.15) is 44.4 Å². The van der Waals surface area contributed by atoms with Crippen molar-refractivity contribution in [1.82, 2.24) is 10.0 Å². The molecule has 7 heteroatoms. The number of carbonyl (C=O) groups is 1. The van der Waals surface area contributed by atoms with Crippen molar-refractivity contribution in [3.8, 4) is 0 Å². The van der Waals surface area contributed by atoms with Crippen LogP contribution in [0.4, 0.5) is 0 Å². The van der Waals surface area contributed by atoms with Crippen molar-refractivity contribution in [2.45, 2.75) is 56.3 Å². The number of thiophene rings is 1. The SMILES string of the molecule is CC(=O)NCc1ccc(S(=O)(=O)N[C@@H](C)[C@H]2C[C@H]3CC[C@H]2C3)s1. The Balaban J connectivity index is 1.63. The summed E-state index contributed by atoms with van der Waals surface area (Å²) in [4.78, 5) is 11.8. The standard InChI is InChI=1S/C16H24N2O3S2/c1-10(15-8-12-3-4-13(15)7-12)18-23(20,21)16-6-5-14(22-16)9-17-11(2)19/h5-6,10,12-13,15,18H,3-4,7-9H2,1-2H3,(H,17,19)/t10-,12-,13-,15+/m0/s1. The summed E-state index contributed by atoms with van der Waals surface area (Å²) in [5.74, 6) is 1.85. The van der Waals surface area contributed by atoms with Crippen molar-refractivity contribution in [2.75, 3.05) is 0 Å². The topological polar surface area (TPSA) is 75.3 Å². The molecule has 1 heterocycles. The molecule has 5 nitrogen and oxygen atoms in total. The molecule has 4 atom stereocenters. The number of hydrogen-bond acceptors (Lipinski definition) is 4. The van der Waals surface area contributed by atoms with Crippen LogP contribution in [0.5, 0.6) is 0 Å². The minimum Gasteiger partial charge on any atom is -0.351 e. The Morgan fingerprint density at radius 1 is 1.35 bits per heavy atom. The van der Waals surface area contributed by atoms with E-state index in [2.05, 4.69) is 10.0 Å². The number of hydrogen-bond donors (Lipinski definition) is 2. The molecule has 2 aliphatic rings. The van der Waals surface area contributed by atoms with E-state index in [1.54, 1.807) is 12.1 Å². The summed E-state index contributed by atoms with van der Waals surface area (Å²) in [6.07, 6.45) is 5.00. The van der Waals surface area contributed by atoms with Gasteiger partial charge < -0.3 is 5.32 Å². The molecule has 0 radical (unpaired) electrons. The lowest BCUT2D eigenvalue weighted by Gasteiger charge is -2.28. The van der Waals surface area contributed by atoms with E-state index in [1.165, 1.54) is 37.5 Å². The average molecular weight is 357 g/mol. The van der Waals surface area contributed by atoms with Crippen LogP contribution < -0.4 is 10.0 Å². The highest BCUT2D eigenvalue weighted by Gasteiger charge is 2.42. The first-order valence-corrected chi connectivity index (χ1v) is 10.5. The van der Waals surface area contributed by atoms with Gasteiger partial charge in [-0.3, -0.25) is 4.79 Å². The Hall–Kier alpha value is -0.920. The zero-order valence-corrected chi connectivity index (χ0v) is 15.2. The van der Waals surface area contributed by atoms with E-state index in [0.29, 0.717) is 22.6 Å². The molecule has 0 saturated heterocycles. The Morgan fingerprint density at radius 3 is 2.74 bits per heavy atom. The zero-order valence-electron chi connectivity index (χ0n) is 13.5. The molecule has 0 aromatic carbocycles. The first-order valence-electron chi connectivity index (χ1n) is 8.20. The first-order chi connectivity index (χ1) is 10.8. The van der Waals surface area contributed by atoms with Gasteiger partial charge in [-0.05, 0) is 56.1 Å². The molecule has 2 bridgehead atoms. The highest BCUT2D eigenvalue weighted by Crippen LogP contribution is 2.49. The van der Waals surface area contributed by atoms with E-state index < -0.39 is 10.0 Å². The van der Waals surface area contributed by atoms with Crippen LogP contribution in [0, 0.1) is 17.8 Å². The minimum absolute atomic E-state index is 0.0174. The predicted molar refractivity (Wildman–Crippen MR) is 90.6 cm³/mol. The van der Waals surface area contributed by atoms with Gasteiger partial charge in [-0.25, -0.2) is 13.1 Å². The highest BCUT2D eigenvalue weighted by atomic mass is 32.2.